The molecule has 0 aliphatic carbocycles. The van der Waals surface area contributed by atoms with Gasteiger partial charge in [0.25, 0.3) is 0 Å². The summed E-state index contributed by atoms with van der Waals surface area (Å²) in [5, 5.41) is 9.16. The summed E-state index contributed by atoms with van der Waals surface area (Å²) >= 11 is 0. The van der Waals surface area contributed by atoms with Gasteiger partial charge in [0.1, 0.15) is 5.75 Å². The fraction of sp³-hybridized carbons (Fsp3) is 0.333. The Bertz CT molecular complexity index is 288. The molecule has 0 amide bonds. The van der Waals surface area contributed by atoms with Crippen molar-refractivity contribution in [2.45, 2.75) is 6.42 Å². The molecule has 1 aromatic carbocycles. The molecule has 0 unspecified atom stereocenters. The summed E-state index contributed by atoms with van der Waals surface area (Å²) in [5.74, 6) is 0.374. The average Bonchev–Trinajstić information content (AvgIpc) is 2.32. The van der Waals surface area contributed by atoms with Crippen molar-refractivity contribution in [1.82, 2.24) is 0 Å². The molecule has 1 N–H and O–H groups in total. The van der Waals surface area contributed by atoms with Crippen LogP contribution in [0, 0.1) is 0 Å². The third-order valence-corrected chi connectivity index (χ3v) is 2.19. The van der Waals surface area contributed by atoms with Gasteiger partial charge < -0.3 is 10.0 Å². The number of fused-ring (bicyclic) bond motifs is 1. The fourth-order valence-corrected chi connectivity index (χ4v) is 1.55. The Morgan fingerprint density at radius 1 is 1.42 bits per heavy atom. The van der Waals surface area contributed by atoms with Crippen LogP contribution in [-0.4, -0.2) is 18.7 Å². The van der Waals surface area contributed by atoms with E-state index in [0.717, 1.165) is 13.0 Å². The highest BCUT2D eigenvalue weighted by Gasteiger charge is 2.14. The summed E-state index contributed by atoms with van der Waals surface area (Å²) < 4.78 is 0. The Balaban J connectivity index is 0.000000720. The van der Waals surface area contributed by atoms with Gasteiger partial charge in [-0.25, -0.2) is 0 Å². The van der Waals surface area contributed by atoms with E-state index in [1.165, 1.54) is 11.3 Å². The molecule has 0 aromatic heterocycles. The van der Waals surface area contributed by atoms with Gasteiger partial charge in [0, 0.05) is 19.3 Å². The monoisotopic (exact) mass is 229 g/mol. The maximum atomic E-state index is 9.16. The first-order chi connectivity index (χ1) is 5.27. The lowest BCUT2D eigenvalue weighted by Crippen LogP contribution is -2.12. The van der Waals surface area contributed by atoms with E-state index in [9.17, 15) is 0 Å². The number of benzene rings is 1. The van der Waals surface area contributed by atoms with E-state index in [2.05, 4.69) is 11.9 Å². The van der Waals surface area contributed by atoms with E-state index in [4.69, 9.17) is 5.11 Å². The second kappa shape index (κ2) is 3.35. The van der Waals surface area contributed by atoms with E-state index in [0.29, 0.717) is 5.75 Å². The van der Waals surface area contributed by atoms with Gasteiger partial charge in [-0.1, -0.05) is 0 Å². The lowest BCUT2D eigenvalue weighted by molar-refractivity contribution is 0.475. The summed E-state index contributed by atoms with van der Waals surface area (Å²) in [5.41, 5.74) is 2.51. The van der Waals surface area contributed by atoms with Crippen LogP contribution < -0.4 is 4.90 Å². The maximum absolute atomic E-state index is 9.16. The molecule has 1 aliphatic rings. The van der Waals surface area contributed by atoms with Crippen LogP contribution >= 0.6 is 17.0 Å². The van der Waals surface area contributed by atoms with E-state index in [-0.39, 0.29) is 17.0 Å². The first-order valence-corrected chi connectivity index (χ1v) is 3.80. The zero-order valence-electron chi connectivity index (χ0n) is 6.95. The van der Waals surface area contributed by atoms with Crippen LogP contribution in [-0.2, 0) is 6.42 Å². The first-order valence-electron chi connectivity index (χ1n) is 3.80. The molecule has 12 heavy (non-hydrogen) atoms. The molecule has 2 rings (SSSR count). The third-order valence-electron chi connectivity index (χ3n) is 2.19. The highest BCUT2D eigenvalue weighted by Crippen LogP contribution is 2.29. The van der Waals surface area contributed by atoms with Crippen molar-refractivity contribution in [2.24, 2.45) is 0 Å². The van der Waals surface area contributed by atoms with E-state index in [1.54, 1.807) is 6.07 Å². The second-order valence-corrected chi connectivity index (χ2v) is 2.98. The molecule has 0 saturated heterocycles. The standard InChI is InChI=1S/C9H11NO.BrH/c1-10-5-4-7-6-8(11)2-3-9(7)10;/h2-3,6,11H,4-5H2,1H3;1H. The Morgan fingerprint density at radius 2 is 2.17 bits per heavy atom. The quantitative estimate of drug-likeness (QED) is 0.736. The van der Waals surface area contributed by atoms with Crippen molar-refractivity contribution in [3.05, 3.63) is 23.8 Å². The summed E-state index contributed by atoms with van der Waals surface area (Å²) in [4.78, 5) is 2.20. The van der Waals surface area contributed by atoms with Crippen molar-refractivity contribution in [3.8, 4) is 5.75 Å². The van der Waals surface area contributed by atoms with Crippen LogP contribution in [0.3, 0.4) is 0 Å². The zero-order valence-corrected chi connectivity index (χ0v) is 8.66. The van der Waals surface area contributed by atoms with Crippen LogP contribution in [0.15, 0.2) is 18.2 Å². The smallest absolute Gasteiger partial charge is 0.116 e. The number of aromatic hydroxyl groups is 1. The molecule has 0 radical (unpaired) electrons. The third kappa shape index (κ3) is 1.41. The minimum Gasteiger partial charge on any atom is -0.508 e. The minimum absolute atomic E-state index is 0. The average molecular weight is 230 g/mol. The highest BCUT2D eigenvalue weighted by molar-refractivity contribution is 8.93. The fourth-order valence-electron chi connectivity index (χ4n) is 1.55. The minimum atomic E-state index is 0. The van der Waals surface area contributed by atoms with Crippen LogP contribution in [0.1, 0.15) is 5.56 Å². The van der Waals surface area contributed by atoms with Gasteiger partial charge in [0.05, 0.1) is 0 Å². The van der Waals surface area contributed by atoms with Gasteiger partial charge in [-0.2, -0.15) is 0 Å². The molecule has 1 heterocycles. The van der Waals surface area contributed by atoms with Gasteiger partial charge in [0.15, 0.2) is 0 Å². The molecule has 0 bridgehead atoms. The largest absolute Gasteiger partial charge is 0.508 e. The Morgan fingerprint density at radius 3 is 2.92 bits per heavy atom. The molecule has 2 nitrogen and oxygen atoms in total. The molecule has 66 valence electrons. The van der Waals surface area contributed by atoms with Crippen molar-refractivity contribution in [2.75, 3.05) is 18.5 Å². The van der Waals surface area contributed by atoms with E-state index >= 15 is 0 Å². The summed E-state index contributed by atoms with van der Waals surface area (Å²) in [7, 11) is 2.07. The number of nitrogens with zero attached hydrogens (tertiary/aromatic N) is 1. The van der Waals surface area contributed by atoms with E-state index in [1.807, 2.05) is 12.1 Å². The number of hydrogen-bond donors (Lipinski definition) is 1. The molecule has 3 heteroatoms. The van der Waals surface area contributed by atoms with E-state index < -0.39 is 0 Å². The normalized spacial score (nSPS) is 13.9. The number of rotatable bonds is 0. The van der Waals surface area contributed by atoms with Crippen molar-refractivity contribution >= 4 is 22.7 Å². The molecular weight excluding hydrogens is 218 g/mol. The number of likely N-dealkylation sites (N-methyl/N-ethyl adjacent to an activating group) is 1. The van der Waals surface area contributed by atoms with Gasteiger partial charge in [0.2, 0.25) is 0 Å². The summed E-state index contributed by atoms with van der Waals surface area (Å²) in [6.45, 7) is 1.07. The molecule has 0 atom stereocenters. The second-order valence-electron chi connectivity index (χ2n) is 2.98. The lowest BCUT2D eigenvalue weighted by atomic mass is 10.1. The maximum Gasteiger partial charge on any atom is 0.116 e. The Hall–Kier alpha value is -0.700. The number of hydrogen-bond acceptors (Lipinski definition) is 2. The number of anilines is 1. The van der Waals surface area contributed by atoms with Crippen LogP contribution in [0.25, 0.3) is 0 Å². The first kappa shape index (κ1) is 9.39. The van der Waals surface area contributed by atoms with Gasteiger partial charge in [-0.05, 0) is 30.2 Å². The molecule has 1 aromatic rings. The Labute approximate surface area is 82.6 Å². The van der Waals surface area contributed by atoms with Crippen LogP contribution in [0.4, 0.5) is 5.69 Å². The van der Waals surface area contributed by atoms with Crippen molar-refractivity contribution < 1.29 is 5.11 Å². The SMILES string of the molecule is Br.CN1CCc2cc(O)ccc21. The molecule has 1 aliphatic heterocycles. The predicted octanol–water partition coefficient (Wildman–Crippen LogP) is 1.96. The van der Waals surface area contributed by atoms with Gasteiger partial charge >= 0.3 is 0 Å². The van der Waals surface area contributed by atoms with Crippen LogP contribution in [0.2, 0.25) is 0 Å². The summed E-state index contributed by atoms with van der Waals surface area (Å²) in [6.07, 6.45) is 1.06. The highest BCUT2D eigenvalue weighted by atomic mass is 79.9. The predicted molar refractivity (Wildman–Crippen MR) is 55.4 cm³/mol. The topological polar surface area (TPSA) is 23.5 Å². The lowest BCUT2D eigenvalue weighted by Gasteiger charge is -2.10. The number of phenolic OH excluding ortho intramolecular Hbond substituents is 1. The molecular formula is C9H12BrNO. The van der Waals surface area contributed by atoms with Crippen molar-refractivity contribution in [1.29, 1.82) is 0 Å². The Kier molecular flexibility index (Phi) is 2.62. The number of phenols is 1. The number of halogens is 1. The van der Waals surface area contributed by atoms with Crippen molar-refractivity contribution in [3.63, 3.8) is 0 Å². The van der Waals surface area contributed by atoms with Gasteiger partial charge in [-0.15, -0.1) is 17.0 Å². The van der Waals surface area contributed by atoms with Gasteiger partial charge in [-0.3, -0.25) is 0 Å². The summed E-state index contributed by atoms with van der Waals surface area (Å²) in [6, 6.07) is 5.55. The molecule has 0 spiro atoms. The zero-order chi connectivity index (χ0) is 7.84. The van der Waals surface area contributed by atoms with Crippen LogP contribution in [0.5, 0.6) is 5.75 Å². The molecule has 0 fully saturated rings. The molecule has 0 saturated carbocycles.